The summed E-state index contributed by atoms with van der Waals surface area (Å²) in [7, 11) is 1.35. The molecule has 3 rings (SSSR count). The van der Waals surface area contributed by atoms with Crippen molar-refractivity contribution < 1.29 is 18.7 Å². The highest BCUT2D eigenvalue weighted by Gasteiger charge is 2.24. The molecule has 0 unspecified atom stereocenters. The summed E-state index contributed by atoms with van der Waals surface area (Å²) in [6, 6.07) is 5.21. The Bertz CT molecular complexity index is 734. The van der Waals surface area contributed by atoms with E-state index >= 15 is 0 Å². The van der Waals surface area contributed by atoms with Crippen LogP contribution in [0.4, 0.5) is 5.82 Å². The minimum atomic E-state index is -0.387. The molecule has 7 heteroatoms. The number of nitrogens with zero attached hydrogens (tertiary/aromatic N) is 3. The lowest BCUT2D eigenvalue weighted by Gasteiger charge is -2.35. The lowest BCUT2D eigenvalue weighted by atomic mass is 10.2. The normalized spacial score (nSPS) is 14.6. The maximum absolute atomic E-state index is 12.3. The van der Waals surface area contributed by atoms with E-state index in [-0.39, 0.29) is 11.9 Å². The molecule has 24 heavy (non-hydrogen) atoms. The molecule has 1 aliphatic rings. The summed E-state index contributed by atoms with van der Waals surface area (Å²) < 4.78 is 9.70. The second-order valence-electron chi connectivity index (χ2n) is 5.59. The number of carbonyl (C=O) groups is 2. The molecule has 1 saturated heterocycles. The van der Waals surface area contributed by atoms with Crippen LogP contribution in [0.1, 0.15) is 26.4 Å². The summed E-state index contributed by atoms with van der Waals surface area (Å²) >= 11 is 0. The van der Waals surface area contributed by atoms with Crippen LogP contribution in [0.25, 0.3) is 0 Å². The number of piperazine rings is 1. The van der Waals surface area contributed by atoms with Crippen molar-refractivity contribution in [2.75, 3.05) is 38.2 Å². The highest BCUT2D eigenvalue weighted by atomic mass is 16.5. The number of methoxy groups -OCH3 is 1. The number of amides is 1. The number of aromatic nitrogens is 1. The Hall–Kier alpha value is -2.83. The van der Waals surface area contributed by atoms with Gasteiger partial charge < -0.3 is 19.0 Å². The maximum Gasteiger partial charge on any atom is 0.339 e. The van der Waals surface area contributed by atoms with Crippen molar-refractivity contribution >= 4 is 17.7 Å². The van der Waals surface area contributed by atoms with Crippen LogP contribution in [-0.4, -0.2) is 55.0 Å². The molecule has 0 atom stereocenters. The van der Waals surface area contributed by atoms with Crippen molar-refractivity contribution in [2.45, 2.75) is 6.92 Å². The zero-order valence-corrected chi connectivity index (χ0v) is 13.7. The zero-order valence-electron chi connectivity index (χ0n) is 13.7. The largest absolute Gasteiger partial charge is 0.472 e. The smallest absolute Gasteiger partial charge is 0.339 e. The highest BCUT2D eigenvalue weighted by molar-refractivity contribution is 5.94. The summed E-state index contributed by atoms with van der Waals surface area (Å²) in [6.45, 7) is 4.39. The summed E-state index contributed by atoms with van der Waals surface area (Å²) in [5.41, 5.74) is 1.67. The Morgan fingerprint density at radius 3 is 2.50 bits per heavy atom. The fraction of sp³-hybridized carbons (Fsp3) is 0.353. The van der Waals surface area contributed by atoms with Gasteiger partial charge >= 0.3 is 5.97 Å². The van der Waals surface area contributed by atoms with Crippen LogP contribution in [0.2, 0.25) is 0 Å². The van der Waals surface area contributed by atoms with Gasteiger partial charge in [-0.25, -0.2) is 9.78 Å². The predicted molar refractivity (Wildman–Crippen MR) is 87.1 cm³/mol. The van der Waals surface area contributed by atoms with Crippen molar-refractivity contribution in [2.24, 2.45) is 0 Å². The first-order valence-electron chi connectivity index (χ1n) is 7.72. The van der Waals surface area contributed by atoms with Gasteiger partial charge in [-0.05, 0) is 25.1 Å². The van der Waals surface area contributed by atoms with Gasteiger partial charge in [-0.1, -0.05) is 0 Å². The van der Waals surface area contributed by atoms with Gasteiger partial charge in [0.2, 0.25) is 0 Å². The average molecular weight is 329 g/mol. The van der Waals surface area contributed by atoms with E-state index in [1.165, 1.54) is 19.6 Å². The van der Waals surface area contributed by atoms with Crippen LogP contribution in [0, 0.1) is 6.92 Å². The molecular formula is C17H19N3O4. The number of furan rings is 1. The van der Waals surface area contributed by atoms with E-state index in [0.29, 0.717) is 43.0 Å². The van der Waals surface area contributed by atoms with Crippen LogP contribution in [0.3, 0.4) is 0 Å². The van der Waals surface area contributed by atoms with Crippen LogP contribution in [0.15, 0.2) is 35.1 Å². The predicted octanol–water partition coefficient (Wildman–Crippen LogP) is 1.73. The fourth-order valence-electron chi connectivity index (χ4n) is 2.76. The molecule has 0 saturated carbocycles. The Labute approximate surface area is 139 Å². The molecule has 0 aliphatic carbocycles. The van der Waals surface area contributed by atoms with E-state index in [0.717, 1.165) is 5.82 Å². The number of hydrogen-bond acceptors (Lipinski definition) is 6. The third-order valence-electron chi connectivity index (χ3n) is 4.14. The number of hydrogen-bond donors (Lipinski definition) is 0. The van der Waals surface area contributed by atoms with Crippen molar-refractivity contribution in [1.29, 1.82) is 0 Å². The molecule has 2 aromatic rings. The third kappa shape index (κ3) is 3.10. The molecular weight excluding hydrogens is 310 g/mol. The maximum atomic E-state index is 12.3. The third-order valence-corrected chi connectivity index (χ3v) is 4.14. The number of carbonyl (C=O) groups excluding carboxylic acids is 2. The van der Waals surface area contributed by atoms with Gasteiger partial charge in [0, 0.05) is 26.2 Å². The van der Waals surface area contributed by atoms with Crippen LogP contribution in [0.5, 0.6) is 0 Å². The summed E-state index contributed by atoms with van der Waals surface area (Å²) in [6.07, 6.45) is 2.96. The quantitative estimate of drug-likeness (QED) is 0.798. The van der Waals surface area contributed by atoms with Crippen molar-refractivity contribution in [3.8, 4) is 0 Å². The molecule has 126 valence electrons. The van der Waals surface area contributed by atoms with Crippen LogP contribution < -0.4 is 4.90 Å². The van der Waals surface area contributed by atoms with E-state index in [1.54, 1.807) is 24.0 Å². The van der Waals surface area contributed by atoms with Gasteiger partial charge in [0.1, 0.15) is 12.1 Å². The number of ether oxygens (including phenoxy) is 1. The monoisotopic (exact) mass is 329 g/mol. The topological polar surface area (TPSA) is 75.9 Å². The molecule has 0 bridgehead atoms. The Kier molecular flexibility index (Phi) is 4.50. The van der Waals surface area contributed by atoms with Gasteiger partial charge in [0.15, 0.2) is 0 Å². The number of rotatable bonds is 3. The van der Waals surface area contributed by atoms with Gasteiger partial charge in [0.05, 0.1) is 30.2 Å². The first kappa shape index (κ1) is 16.0. The number of aryl methyl sites for hydroxylation is 1. The van der Waals surface area contributed by atoms with Crippen LogP contribution in [-0.2, 0) is 4.74 Å². The molecule has 3 heterocycles. The first-order chi connectivity index (χ1) is 11.6. The van der Waals surface area contributed by atoms with Crippen molar-refractivity contribution in [3.05, 3.63) is 47.5 Å². The van der Waals surface area contributed by atoms with E-state index in [4.69, 9.17) is 9.15 Å². The molecule has 0 radical (unpaired) electrons. The first-order valence-corrected chi connectivity index (χ1v) is 7.72. The summed E-state index contributed by atoms with van der Waals surface area (Å²) in [4.78, 5) is 32.3. The molecule has 0 N–H and O–H groups in total. The Morgan fingerprint density at radius 1 is 1.17 bits per heavy atom. The van der Waals surface area contributed by atoms with Crippen LogP contribution >= 0.6 is 0 Å². The molecule has 0 spiro atoms. The van der Waals surface area contributed by atoms with E-state index < -0.39 is 0 Å². The van der Waals surface area contributed by atoms with Crippen molar-refractivity contribution in [1.82, 2.24) is 9.88 Å². The molecule has 2 aromatic heterocycles. The molecule has 0 aromatic carbocycles. The standard InChI is InChI=1S/C17H19N3O4/c1-12-14(17(22)23-2)3-4-15(18-12)19-6-8-20(9-7-19)16(21)13-5-10-24-11-13/h3-5,10-11H,6-9H2,1-2H3. The molecule has 1 fully saturated rings. The fourth-order valence-corrected chi connectivity index (χ4v) is 2.76. The number of pyridine rings is 1. The minimum absolute atomic E-state index is 0.0198. The van der Waals surface area contributed by atoms with Crippen molar-refractivity contribution in [3.63, 3.8) is 0 Å². The average Bonchev–Trinajstić information content (AvgIpc) is 3.15. The Morgan fingerprint density at radius 2 is 1.92 bits per heavy atom. The van der Waals surface area contributed by atoms with Gasteiger partial charge in [-0.2, -0.15) is 0 Å². The lowest BCUT2D eigenvalue weighted by Crippen LogP contribution is -2.49. The highest BCUT2D eigenvalue weighted by Crippen LogP contribution is 2.18. The zero-order chi connectivity index (χ0) is 17.1. The second-order valence-corrected chi connectivity index (χ2v) is 5.59. The van der Waals surface area contributed by atoms with E-state index in [2.05, 4.69) is 9.88 Å². The molecule has 7 nitrogen and oxygen atoms in total. The van der Waals surface area contributed by atoms with Gasteiger partial charge in [0.25, 0.3) is 5.91 Å². The second kappa shape index (κ2) is 6.74. The number of anilines is 1. The number of esters is 1. The Balaban J connectivity index is 1.65. The molecule has 1 aliphatic heterocycles. The van der Waals surface area contributed by atoms with Gasteiger partial charge in [-0.3, -0.25) is 4.79 Å². The SMILES string of the molecule is COC(=O)c1ccc(N2CCN(C(=O)c3ccoc3)CC2)nc1C. The minimum Gasteiger partial charge on any atom is -0.472 e. The lowest BCUT2D eigenvalue weighted by molar-refractivity contribution is 0.0598. The summed E-state index contributed by atoms with van der Waals surface area (Å²) in [5, 5.41) is 0. The summed E-state index contributed by atoms with van der Waals surface area (Å²) in [5.74, 6) is 0.395. The van der Waals surface area contributed by atoms with Gasteiger partial charge in [-0.15, -0.1) is 0 Å². The molecule has 1 amide bonds. The van der Waals surface area contributed by atoms with E-state index in [1.807, 2.05) is 6.07 Å². The van der Waals surface area contributed by atoms with E-state index in [9.17, 15) is 9.59 Å².